The van der Waals surface area contributed by atoms with Crippen LogP contribution in [-0.2, 0) is 0 Å². The van der Waals surface area contributed by atoms with Crippen LogP contribution in [0.15, 0.2) is 12.1 Å². The fraction of sp³-hybridized carbons (Fsp3) is 0.733. The lowest BCUT2D eigenvalue weighted by atomic mass is 9.83. The van der Waals surface area contributed by atoms with Gasteiger partial charge in [0.2, 0.25) is 0 Å². The normalized spacial score (nSPS) is 25.9. The van der Waals surface area contributed by atoms with Crippen LogP contribution in [0.2, 0.25) is 0 Å². The zero-order valence-corrected chi connectivity index (χ0v) is 11.0. The summed E-state index contributed by atoms with van der Waals surface area (Å²) >= 11 is 0. The minimum Gasteiger partial charge on any atom is -0.346 e. The number of aromatic nitrogens is 1. The first-order valence-electron chi connectivity index (χ1n) is 6.86. The van der Waals surface area contributed by atoms with Crippen molar-refractivity contribution in [2.75, 3.05) is 0 Å². The van der Waals surface area contributed by atoms with Gasteiger partial charge in [-0.3, -0.25) is 0 Å². The smallest absolute Gasteiger partial charge is 0.0335 e. The molecule has 0 amide bonds. The maximum Gasteiger partial charge on any atom is 0.0335 e. The lowest BCUT2D eigenvalue weighted by molar-refractivity contribution is 0.259. The summed E-state index contributed by atoms with van der Waals surface area (Å²) in [4.78, 5) is 0. The molecule has 0 saturated heterocycles. The number of nitrogens with zero attached hydrogens (tertiary/aromatic N) is 1. The van der Waals surface area contributed by atoms with Gasteiger partial charge in [0.15, 0.2) is 0 Å². The van der Waals surface area contributed by atoms with Crippen molar-refractivity contribution in [1.82, 2.24) is 4.57 Å². The molecule has 0 spiro atoms. The third kappa shape index (κ3) is 2.34. The van der Waals surface area contributed by atoms with Gasteiger partial charge in [0.1, 0.15) is 0 Å². The van der Waals surface area contributed by atoms with Gasteiger partial charge in [0, 0.05) is 17.4 Å². The van der Waals surface area contributed by atoms with E-state index in [9.17, 15) is 0 Å². The van der Waals surface area contributed by atoms with Gasteiger partial charge < -0.3 is 4.57 Å². The maximum atomic E-state index is 2.56. The maximum absolute atomic E-state index is 2.56. The molecular formula is C15H25N. The molecule has 0 unspecified atom stereocenters. The summed E-state index contributed by atoms with van der Waals surface area (Å²) in [5, 5.41) is 0. The van der Waals surface area contributed by atoms with Gasteiger partial charge in [-0.1, -0.05) is 19.8 Å². The van der Waals surface area contributed by atoms with E-state index in [1.165, 1.54) is 49.9 Å². The molecule has 1 fully saturated rings. The molecule has 0 radical (unpaired) electrons. The molecule has 1 heteroatoms. The Morgan fingerprint density at radius 2 is 1.62 bits per heavy atom. The molecule has 0 aliphatic heterocycles. The second kappa shape index (κ2) is 5.07. The molecule has 1 heterocycles. The molecular weight excluding hydrogens is 194 g/mol. The van der Waals surface area contributed by atoms with Crippen LogP contribution in [0.25, 0.3) is 0 Å². The molecule has 1 nitrogen and oxygen atoms in total. The van der Waals surface area contributed by atoms with Gasteiger partial charge >= 0.3 is 0 Å². The number of hydrogen-bond donors (Lipinski definition) is 0. The molecule has 1 aliphatic carbocycles. The van der Waals surface area contributed by atoms with Gasteiger partial charge in [-0.05, 0) is 57.6 Å². The molecule has 0 atom stereocenters. The van der Waals surface area contributed by atoms with Crippen LogP contribution in [0.3, 0.4) is 0 Å². The van der Waals surface area contributed by atoms with E-state index in [2.05, 4.69) is 37.5 Å². The highest BCUT2D eigenvalue weighted by Gasteiger charge is 2.22. The van der Waals surface area contributed by atoms with Gasteiger partial charge in [-0.15, -0.1) is 0 Å². The van der Waals surface area contributed by atoms with Gasteiger partial charge in [-0.25, -0.2) is 0 Å². The highest BCUT2D eigenvalue weighted by Crippen LogP contribution is 2.35. The Bertz CT molecular complexity index is 310. The summed E-state index contributed by atoms with van der Waals surface area (Å²) in [6.45, 7) is 6.79. The minimum atomic E-state index is 0.781. The van der Waals surface area contributed by atoms with Crippen molar-refractivity contribution < 1.29 is 0 Å². The van der Waals surface area contributed by atoms with Crippen LogP contribution in [0.4, 0.5) is 0 Å². The van der Waals surface area contributed by atoms with E-state index in [0.29, 0.717) is 0 Å². The Hall–Kier alpha value is -0.720. The molecule has 0 bridgehead atoms. The van der Waals surface area contributed by atoms with Gasteiger partial charge in [0.25, 0.3) is 0 Å². The Morgan fingerprint density at radius 1 is 1.06 bits per heavy atom. The molecule has 0 N–H and O–H groups in total. The molecule has 2 rings (SSSR count). The summed E-state index contributed by atoms with van der Waals surface area (Å²) in [5.74, 6) is 1.01. The predicted octanol–water partition coefficient (Wildman–Crippen LogP) is 4.64. The van der Waals surface area contributed by atoms with Crippen molar-refractivity contribution in [2.24, 2.45) is 5.92 Å². The van der Waals surface area contributed by atoms with E-state index in [0.717, 1.165) is 12.0 Å². The Balaban J connectivity index is 1.99. The average molecular weight is 219 g/mol. The van der Waals surface area contributed by atoms with E-state index < -0.39 is 0 Å². The summed E-state index contributed by atoms with van der Waals surface area (Å²) in [6.07, 6.45) is 8.46. The van der Waals surface area contributed by atoms with Crippen LogP contribution in [0, 0.1) is 19.8 Å². The predicted molar refractivity (Wildman–Crippen MR) is 69.8 cm³/mol. The quantitative estimate of drug-likeness (QED) is 0.698. The lowest BCUT2D eigenvalue weighted by Gasteiger charge is -2.31. The Kier molecular flexibility index (Phi) is 3.73. The molecule has 1 saturated carbocycles. The first kappa shape index (κ1) is 11.8. The molecule has 16 heavy (non-hydrogen) atoms. The second-order valence-electron chi connectivity index (χ2n) is 5.45. The van der Waals surface area contributed by atoms with Crippen molar-refractivity contribution in [3.05, 3.63) is 23.5 Å². The lowest BCUT2D eigenvalue weighted by Crippen LogP contribution is -2.19. The van der Waals surface area contributed by atoms with E-state index in [-0.39, 0.29) is 0 Å². The summed E-state index contributed by atoms with van der Waals surface area (Å²) in [7, 11) is 0. The molecule has 1 aromatic heterocycles. The van der Waals surface area contributed by atoms with E-state index in [4.69, 9.17) is 0 Å². The van der Waals surface area contributed by atoms with Crippen molar-refractivity contribution >= 4 is 0 Å². The Morgan fingerprint density at radius 3 is 2.12 bits per heavy atom. The second-order valence-corrected chi connectivity index (χ2v) is 5.45. The van der Waals surface area contributed by atoms with E-state index >= 15 is 0 Å². The fourth-order valence-electron chi connectivity index (χ4n) is 3.36. The zero-order chi connectivity index (χ0) is 11.5. The zero-order valence-electron chi connectivity index (χ0n) is 11.0. The van der Waals surface area contributed by atoms with Crippen molar-refractivity contribution in [3.8, 4) is 0 Å². The van der Waals surface area contributed by atoms with Crippen LogP contribution in [0.1, 0.15) is 62.9 Å². The monoisotopic (exact) mass is 219 g/mol. The third-order valence-corrected chi connectivity index (χ3v) is 4.20. The SMILES string of the molecule is CCCC1CCC(n2c(C)ccc2C)CC1. The van der Waals surface area contributed by atoms with Crippen LogP contribution in [0.5, 0.6) is 0 Å². The summed E-state index contributed by atoms with van der Waals surface area (Å²) in [6, 6.07) is 5.30. The van der Waals surface area contributed by atoms with Crippen molar-refractivity contribution in [3.63, 3.8) is 0 Å². The van der Waals surface area contributed by atoms with Crippen molar-refractivity contribution in [2.45, 2.75) is 65.3 Å². The molecule has 90 valence electrons. The number of rotatable bonds is 3. The largest absolute Gasteiger partial charge is 0.346 e. The van der Waals surface area contributed by atoms with Gasteiger partial charge in [0.05, 0.1) is 0 Å². The fourth-order valence-corrected chi connectivity index (χ4v) is 3.36. The standard InChI is InChI=1S/C15H25N/c1-4-5-14-8-10-15(11-9-14)16-12(2)6-7-13(16)3/h6-7,14-15H,4-5,8-11H2,1-3H3. The third-order valence-electron chi connectivity index (χ3n) is 4.20. The topological polar surface area (TPSA) is 4.93 Å². The number of hydrogen-bond acceptors (Lipinski definition) is 0. The average Bonchev–Trinajstić information content (AvgIpc) is 2.61. The van der Waals surface area contributed by atoms with Crippen molar-refractivity contribution in [1.29, 1.82) is 0 Å². The summed E-state index contributed by atoms with van der Waals surface area (Å²) in [5.41, 5.74) is 2.88. The highest BCUT2D eigenvalue weighted by atomic mass is 15.0. The first-order chi connectivity index (χ1) is 7.72. The minimum absolute atomic E-state index is 0.781. The Labute approximate surface area is 99.9 Å². The van der Waals surface area contributed by atoms with E-state index in [1.54, 1.807) is 0 Å². The van der Waals surface area contributed by atoms with Crippen LogP contribution in [-0.4, -0.2) is 4.57 Å². The van der Waals surface area contributed by atoms with E-state index in [1.807, 2.05) is 0 Å². The molecule has 1 aliphatic rings. The number of aryl methyl sites for hydroxylation is 2. The first-order valence-corrected chi connectivity index (χ1v) is 6.86. The molecule has 1 aromatic rings. The van der Waals surface area contributed by atoms with Crippen LogP contribution < -0.4 is 0 Å². The van der Waals surface area contributed by atoms with Crippen LogP contribution >= 0.6 is 0 Å². The van der Waals surface area contributed by atoms with Gasteiger partial charge in [-0.2, -0.15) is 0 Å². The highest BCUT2D eigenvalue weighted by molar-refractivity contribution is 5.15. The molecule has 0 aromatic carbocycles. The summed E-state index contributed by atoms with van der Waals surface area (Å²) < 4.78 is 2.56.